The van der Waals surface area contributed by atoms with Gasteiger partial charge in [-0.2, -0.15) is 5.10 Å². The summed E-state index contributed by atoms with van der Waals surface area (Å²) in [5.41, 5.74) is 0.880. The van der Waals surface area contributed by atoms with Crippen molar-refractivity contribution < 1.29 is 9.59 Å². The minimum Gasteiger partial charge on any atom is -0.275 e. The highest BCUT2D eigenvalue weighted by atomic mass is 16.2. The molecule has 0 bridgehead atoms. The zero-order chi connectivity index (χ0) is 13.2. The monoisotopic (exact) mass is 253 g/mol. The molecule has 3 rings (SSSR count). The first-order valence-corrected chi connectivity index (χ1v) is 5.86. The van der Waals surface area contributed by atoms with Gasteiger partial charge in [0.25, 0.3) is 0 Å². The second-order valence-corrected chi connectivity index (χ2v) is 4.26. The van der Waals surface area contributed by atoms with Gasteiger partial charge in [0, 0.05) is 0 Å². The number of amides is 3. The summed E-state index contributed by atoms with van der Waals surface area (Å²) in [4.78, 5) is 22.3. The summed E-state index contributed by atoms with van der Waals surface area (Å²) in [6.45, 7) is -0.0249. The van der Waals surface area contributed by atoms with Crippen LogP contribution in [0.2, 0.25) is 0 Å². The smallest absolute Gasteiger partial charge is 0.275 e. The number of benzene rings is 2. The van der Waals surface area contributed by atoms with Gasteiger partial charge in [-0.1, -0.05) is 36.4 Å². The first-order chi connectivity index (χ1) is 9.22. The van der Waals surface area contributed by atoms with Gasteiger partial charge >= 0.3 is 6.03 Å². The third-order valence-electron chi connectivity index (χ3n) is 2.89. The summed E-state index contributed by atoms with van der Waals surface area (Å²) >= 11 is 0. The van der Waals surface area contributed by atoms with Crippen LogP contribution >= 0.6 is 0 Å². The molecule has 1 aliphatic rings. The molecule has 5 heteroatoms. The Kier molecular flexibility index (Phi) is 2.72. The normalized spacial score (nSPS) is 15.5. The Morgan fingerprint density at radius 2 is 1.89 bits per heavy atom. The van der Waals surface area contributed by atoms with Crippen molar-refractivity contribution in [3.63, 3.8) is 0 Å². The van der Waals surface area contributed by atoms with Crippen LogP contribution in [0.15, 0.2) is 47.6 Å². The highest BCUT2D eigenvalue weighted by Crippen LogP contribution is 2.14. The van der Waals surface area contributed by atoms with E-state index in [-0.39, 0.29) is 12.5 Å². The van der Waals surface area contributed by atoms with Crippen LogP contribution in [-0.2, 0) is 4.79 Å². The number of carbonyl (C=O) groups excluding carboxylic acids is 2. The van der Waals surface area contributed by atoms with Crippen molar-refractivity contribution in [3.05, 3.63) is 48.0 Å². The second kappa shape index (κ2) is 4.53. The Morgan fingerprint density at radius 1 is 1.11 bits per heavy atom. The number of nitrogens with zero attached hydrogens (tertiary/aromatic N) is 2. The third kappa shape index (κ3) is 2.30. The van der Waals surface area contributed by atoms with Crippen molar-refractivity contribution >= 4 is 28.9 Å². The molecule has 1 fully saturated rings. The summed E-state index contributed by atoms with van der Waals surface area (Å²) < 4.78 is 0. The average Bonchev–Trinajstić information content (AvgIpc) is 2.74. The van der Waals surface area contributed by atoms with Crippen LogP contribution in [0.4, 0.5) is 4.79 Å². The highest BCUT2D eigenvalue weighted by Gasteiger charge is 2.25. The van der Waals surface area contributed by atoms with E-state index in [1.54, 1.807) is 6.21 Å². The molecule has 0 saturated carbocycles. The Balaban J connectivity index is 1.85. The van der Waals surface area contributed by atoms with Crippen LogP contribution in [0, 0.1) is 0 Å². The summed E-state index contributed by atoms with van der Waals surface area (Å²) in [6, 6.07) is 13.4. The predicted molar refractivity (Wildman–Crippen MR) is 71.8 cm³/mol. The molecular weight excluding hydrogens is 242 g/mol. The van der Waals surface area contributed by atoms with E-state index in [4.69, 9.17) is 0 Å². The number of urea groups is 1. The van der Waals surface area contributed by atoms with E-state index >= 15 is 0 Å². The first kappa shape index (κ1) is 11.4. The number of carbonyl (C=O) groups is 2. The lowest BCUT2D eigenvalue weighted by Crippen LogP contribution is -2.24. The number of hydrogen-bond donors (Lipinski definition) is 1. The summed E-state index contributed by atoms with van der Waals surface area (Å²) in [5, 5.41) is 9.53. The largest absolute Gasteiger partial charge is 0.344 e. The molecule has 94 valence electrons. The van der Waals surface area contributed by atoms with Gasteiger partial charge in [-0.05, 0) is 22.4 Å². The molecule has 5 nitrogen and oxygen atoms in total. The summed E-state index contributed by atoms with van der Waals surface area (Å²) in [5.74, 6) is -0.333. The topological polar surface area (TPSA) is 61.8 Å². The van der Waals surface area contributed by atoms with Crippen molar-refractivity contribution in [2.45, 2.75) is 0 Å². The molecule has 1 saturated heterocycles. The minimum absolute atomic E-state index is 0.0249. The molecule has 2 aromatic carbocycles. The highest BCUT2D eigenvalue weighted by molar-refractivity contribution is 6.02. The van der Waals surface area contributed by atoms with Crippen LogP contribution < -0.4 is 5.32 Å². The Labute approximate surface area is 109 Å². The predicted octanol–water partition coefficient (Wildman–Crippen LogP) is 1.73. The van der Waals surface area contributed by atoms with E-state index in [0.717, 1.165) is 21.3 Å². The van der Waals surface area contributed by atoms with Crippen molar-refractivity contribution in [2.24, 2.45) is 5.10 Å². The molecule has 0 unspecified atom stereocenters. The van der Waals surface area contributed by atoms with Crippen molar-refractivity contribution in [2.75, 3.05) is 6.54 Å². The van der Waals surface area contributed by atoms with Gasteiger partial charge in [0.15, 0.2) is 0 Å². The third-order valence-corrected chi connectivity index (χ3v) is 2.89. The second-order valence-electron chi connectivity index (χ2n) is 4.26. The zero-order valence-electron chi connectivity index (χ0n) is 10.0. The SMILES string of the molecule is O=C1CN(/N=C/c2ccc3ccccc3c2)C(=O)N1. The van der Waals surface area contributed by atoms with E-state index in [1.165, 1.54) is 0 Å². The van der Waals surface area contributed by atoms with Crippen molar-refractivity contribution in [1.29, 1.82) is 0 Å². The quantitative estimate of drug-likeness (QED) is 0.654. The van der Waals surface area contributed by atoms with Crippen LogP contribution in [-0.4, -0.2) is 29.7 Å². The van der Waals surface area contributed by atoms with Crippen LogP contribution in [0.3, 0.4) is 0 Å². The van der Waals surface area contributed by atoms with E-state index < -0.39 is 6.03 Å². The minimum atomic E-state index is -0.484. The number of nitrogens with one attached hydrogen (secondary N) is 1. The molecule has 2 aromatic rings. The van der Waals surface area contributed by atoms with Gasteiger partial charge in [-0.3, -0.25) is 10.1 Å². The fourth-order valence-corrected chi connectivity index (χ4v) is 1.95. The summed E-state index contributed by atoms with van der Waals surface area (Å²) in [7, 11) is 0. The van der Waals surface area contributed by atoms with Gasteiger partial charge in [0.1, 0.15) is 6.54 Å². The number of hydrogen-bond acceptors (Lipinski definition) is 3. The Morgan fingerprint density at radius 3 is 2.63 bits per heavy atom. The van der Waals surface area contributed by atoms with Crippen LogP contribution in [0.5, 0.6) is 0 Å². The number of hydrazone groups is 1. The lowest BCUT2D eigenvalue weighted by Gasteiger charge is -2.04. The molecule has 0 radical (unpaired) electrons. The molecule has 19 heavy (non-hydrogen) atoms. The van der Waals surface area contributed by atoms with E-state index in [2.05, 4.69) is 10.4 Å². The molecule has 0 aromatic heterocycles. The standard InChI is InChI=1S/C14H11N3O2/c18-13-9-17(14(19)16-13)15-8-10-5-6-11-3-1-2-4-12(11)7-10/h1-8H,9H2,(H,16,18,19)/b15-8+. The van der Waals surface area contributed by atoms with E-state index in [9.17, 15) is 9.59 Å². The number of imide groups is 1. The van der Waals surface area contributed by atoms with Gasteiger partial charge < -0.3 is 0 Å². The molecule has 1 aliphatic heterocycles. The molecule has 0 atom stereocenters. The molecule has 1 heterocycles. The maximum atomic E-state index is 11.3. The lowest BCUT2D eigenvalue weighted by atomic mass is 10.1. The van der Waals surface area contributed by atoms with Gasteiger partial charge in [-0.15, -0.1) is 0 Å². The van der Waals surface area contributed by atoms with Crippen molar-refractivity contribution in [3.8, 4) is 0 Å². The fourth-order valence-electron chi connectivity index (χ4n) is 1.95. The summed E-state index contributed by atoms with van der Waals surface area (Å²) in [6.07, 6.45) is 1.57. The molecular formula is C14H11N3O2. The maximum Gasteiger partial charge on any atom is 0.344 e. The Bertz CT molecular complexity index is 694. The molecule has 0 spiro atoms. The fraction of sp³-hybridized carbons (Fsp3) is 0.0714. The van der Waals surface area contributed by atoms with Gasteiger partial charge in [0.05, 0.1) is 6.21 Å². The van der Waals surface area contributed by atoms with Gasteiger partial charge in [-0.25, -0.2) is 9.80 Å². The average molecular weight is 253 g/mol. The Hall–Kier alpha value is -2.69. The molecule has 0 aliphatic carbocycles. The van der Waals surface area contributed by atoms with Gasteiger partial charge in [0.2, 0.25) is 5.91 Å². The molecule has 3 amide bonds. The van der Waals surface area contributed by atoms with E-state index in [0.29, 0.717) is 0 Å². The van der Waals surface area contributed by atoms with Crippen LogP contribution in [0.25, 0.3) is 10.8 Å². The number of fused-ring (bicyclic) bond motifs is 1. The first-order valence-electron chi connectivity index (χ1n) is 5.86. The maximum absolute atomic E-state index is 11.3. The molecule has 1 N–H and O–H groups in total. The lowest BCUT2D eigenvalue weighted by molar-refractivity contribution is -0.118. The van der Waals surface area contributed by atoms with E-state index in [1.807, 2.05) is 42.5 Å². The zero-order valence-corrected chi connectivity index (χ0v) is 10.0. The van der Waals surface area contributed by atoms with Crippen molar-refractivity contribution in [1.82, 2.24) is 10.3 Å². The number of rotatable bonds is 2. The van der Waals surface area contributed by atoms with Crippen LogP contribution in [0.1, 0.15) is 5.56 Å².